The van der Waals surface area contributed by atoms with E-state index in [1.165, 1.54) is 24.3 Å². The maximum absolute atomic E-state index is 14.1. The van der Waals surface area contributed by atoms with Crippen LogP contribution in [0.2, 0.25) is 5.02 Å². The molecule has 1 aromatic heterocycles. The fourth-order valence-electron chi connectivity index (χ4n) is 2.22. The summed E-state index contributed by atoms with van der Waals surface area (Å²) in [6.07, 6.45) is 0. The third-order valence-corrected chi connectivity index (χ3v) is 3.69. The molecule has 0 unspecified atom stereocenters. The van der Waals surface area contributed by atoms with Crippen LogP contribution in [-0.2, 0) is 6.61 Å². The van der Waals surface area contributed by atoms with Crippen LogP contribution in [0.25, 0.3) is 16.9 Å². The number of aliphatic hydroxyl groups is 1. The molecule has 0 aliphatic heterocycles. The molecule has 0 aliphatic carbocycles. The molecule has 1 N–H and O–H groups in total. The van der Waals surface area contributed by atoms with Crippen molar-refractivity contribution in [2.24, 2.45) is 0 Å². The van der Waals surface area contributed by atoms with Gasteiger partial charge in [-0.05, 0) is 36.4 Å². The van der Waals surface area contributed by atoms with Crippen molar-refractivity contribution >= 4 is 11.6 Å². The number of hydrogen-bond acceptors (Lipinski definition) is 2. The normalized spacial score (nSPS) is 11.0. The highest BCUT2D eigenvalue weighted by Gasteiger charge is 2.20. The molecule has 0 aliphatic rings. The second-order valence-electron chi connectivity index (χ2n) is 4.78. The first kappa shape index (κ1) is 15.6. The van der Waals surface area contributed by atoms with E-state index in [-0.39, 0.29) is 22.1 Å². The average Bonchev–Trinajstić information content (AvgIpc) is 2.87. The molecule has 3 nitrogen and oxygen atoms in total. The predicted molar refractivity (Wildman–Crippen MR) is 79.8 cm³/mol. The van der Waals surface area contributed by atoms with E-state index < -0.39 is 24.1 Å². The molecule has 7 heteroatoms. The van der Waals surface area contributed by atoms with Crippen molar-refractivity contribution in [3.63, 3.8) is 0 Å². The van der Waals surface area contributed by atoms with Crippen molar-refractivity contribution in [3.05, 3.63) is 70.6 Å². The lowest BCUT2D eigenvalue weighted by atomic mass is 10.1. The molecule has 0 fully saturated rings. The first-order valence-electron chi connectivity index (χ1n) is 6.61. The molecule has 3 aromatic rings. The van der Waals surface area contributed by atoms with Crippen molar-refractivity contribution in [2.75, 3.05) is 0 Å². The molecular weight excluding hydrogens is 329 g/mol. The summed E-state index contributed by atoms with van der Waals surface area (Å²) in [4.78, 5) is 0. The molecule has 0 saturated carbocycles. The van der Waals surface area contributed by atoms with Gasteiger partial charge in [0, 0.05) is 11.6 Å². The lowest BCUT2D eigenvalue weighted by molar-refractivity contribution is 0.276. The van der Waals surface area contributed by atoms with Crippen LogP contribution in [0, 0.1) is 17.5 Å². The molecule has 1 heterocycles. The largest absolute Gasteiger partial charge is 0.390 e. The highest BCUT2D eigenvalue weighted by atomic mass is 35.5. The van der Waals surface area contributed by atoms with Gasteiger partial charge < -0.3 is 5.11 Å². The Hall–Kier alpha value is -2.31. The minimum absolute atomic E-state index is 0.0859. The Morgan fingerprint density at radius 1 is 1.00 bits per heavy atom. The zero-order valence-corrected chi connectivity index (χ0v) is 12.4. The highest BCUT2D eigenvalue weighted by Crippen LogP contribution is 2.34. The first-order chi connectivity index (χ1) is 11.0. The highest BCUT2D eigenvalue weighted by molar-refractivity contribution is 6.33. The maximum Gasteiger partial charge on any atom is 0.149 e. The molecule has 0 spiro atoms. The Kier molecular flexibility index (Phi) is 4.11. The van der Waals surface area contributed by atoms with E-state index in [2.05, 4.69) is 5.10 Å². The number of halogens is 4. The van der Waals surface area contributed by atoms with Crippen LogP contribution in [0.5, 0.6) is 0 Å². The van der Waals surface area contributed by atoms with Gasteiger partial charge in [0.2, 0.25) is 0 Å². The molecular formula is C16H10ClF3N2O. The number of nitrogens with zero attached hydrogens (tertiary/aromatic N) is 2. The van der Waals surface area contributed by atoms with Crippen molar-refractivity contribution in [2.45, 2.75) is 6.61 Å². The zero-order valence-electron chi connectivity index (χ0n) is 11.6. The number of aliphatic hydroxyl groups excluding tert-OH is 1. The van der Waals surface area contributed by atoms with Gasteiger partial charge in [-0.15, -0.1) is 0 Å². The van der Waals surface area contributed by atoms with E-state index in [1.807, 2.05) is 0 Å². The predicted octanol–water partition coefficient (Wildman–Crippen LogP) is 4.10. The van der Waals surface area contributed by atoms with E-state index >= 15 is 0 Å². The van der Waals surface area contributed by atoms with Gasteiger partial charge in [-0.1, -0.05) is 11.6 Å². The average molecular weight is 339 g/mol. The maximum atomic E-state index is 14.1. The third kappa shape index (κ3) is 2.83. The summed E-state index contributed by atoms with van der Waals surface area (Å²) in [5, 5.41) is 13.4. The van der Waals surface area contributed by atoms with Crippen LogP contribution < -0.4 is 0 Å². The molecule has 2 aromatic carbocycles. The number of rotatable bonds is 3. The SMILES string of the molecule is OCc1nn(-c2cc(F)ccc2F)c(-c2ccc(F)cc2)c1Cl. The molecule has 23 heavy (non-hydrogen) atoms. The third-order valence-electron chi connectivity index (χ3n) is 3.30. The summed E-state index contributed by atoms with van der Waals surface area (Å²) in [7, 11) is 0. The molecule has 0 atom stereocenters. The number of benzene rings is 2. The Morgan fingerprint density at radius 2 is 1.65 bits per heavy atom. The molecule has 0 radical (unpaired) electrons. The van der Waals surface area contributed by atoms with Gasteiger partial charge in [0.1, 0.15) is 28.8 Å². The Labute approximate surface area is 134 Å². The summed E-state index contributed by atoms with van der Waals surface area (Å²) < 4.78 is 41.7. The van der Waals surface area contributed by atoms with Gasteiger partial charge >= 0.3 is 0 Å². The summed E-state index contributed by atoms with van der Waals surface area (Å²) >= 11 is 6.19. The second-order valence-corrected chi connectivity index (χ2v) is 5.16. The summed E-state index contributed by atoms with van der Waals surface area (Å²) in [6, 6.07) is 8.21. The summed E-state index contributed by atoms with van der Waals surface area (Å²) in [5.74, 6) is -1.81. The van der Waals surface area contributed by atoms with Crippen LogP contribution in [0.1, 0.15) is 5.69 Å². The van der Waals surface area contributed by atoms with Crippen molar-refractivity contribution in [1.82, 2.24) is 9.78 Å². The van der Waals surface area contributed by atoms with E-state index in [4.69, 9.17) is 11.6 Å². The van der Waals surface area contributed by atoms with Gasteiger partial charge in [-0.2, -0.15) is 5.10 Å². The van der Waals surface area contributed by atoms with Crippen molar-refractivity contribution in [3.8, 4) is 16.9 Å². The minimum Gasteiger partial charge on any atom is -0.390 e. The van der Waals surface area contributed by atoms with Crippen LogP contribution in [-0.4, -0.2) is 14.9 Å². The van der Waals surface area contributed by atoms with Gasteiger partial charge in [0.25, 0.3) is 0 Å². The Morgan fingerprint density at radius 3 is 2.30 bits per heavy atom. The monoisotopic (exact) mass is 338 g/mol. The lowest BCUT2D eigenvalue weighted by Crippen LogP contribution is -2.03. The molecule has 0 amide bonds. The van der Waals surface area contributed by atoms with Crippen molar-refractivity contribution < 1.29 is 18.3 Å². The topological polar surface area (TPSA) is 38.1 Å². The van der Waals surface area contributed by atoms with E-state index in [0.29, 0.717) is 5.56 Å². The smallest absolute Gasteiger partial charge is 0.149 e. The zero-order chi connectivity index (χ0) is 16.6. The molecule has 118 valence electrons. The van der Waals surface area contributed by atoms with Crippen LogP contribution in [0.4, 0.5) is 13.2 Å². The van der Waals surface area contributed by atoms with Gasteiger partial charge in [0.05, 0.1) is 17.3 Å². The first-order valence-corrected chi connectivity index (χ1v) is 6.98. The molecule has 3 rings (SSSR count). The number of hydrogen-bond donors (Lipinski definition) is 1. The van der Waals surface area contributed by atoms with Gasteiger partial charge in [-0.25, -0.2) is 17.9 Å². The summed E-state index contributed by atoms with van der Waals surface area (Å²) in [5.41, 5.74) is 0.632. The second kappa shape index (κ2) is 6.06. The standard InChI is InChI=1S/C16H10ClF3N2O/c17-15-13(8-23)21-22(14-7-11(19)5-6-12(14)20)16(15)9-1-3-10(18)4-2-9/h1-7,23H,8H2. The fourth-order valence-corrected chi connectivity index (χ4v) is 2.51. The van der Waals surface area contributed by atoms with Crippen LogP contribution >= 0.6 is 11.6 Å². The van der Waals surface area contributed by atoms with E-state index in [9.17, 15) is 18.3 Å². The summed E-state index contributed by atoms with van der Waals surface area (Å²) in [6.45, 7) is -0.475. The lowest BCUT2D eigenvalue weighted by Gasteiger charge is -2.09. The van der Waals surface area contributed by atoms with Crippen LogP contribution in [0.15, 0.2) is 42.5 Å². The molecule has 0 bridgehead atoms. The van der Waals surface area contributed by atoms with Crippen molar-refractivity contribution in [1.29, 1.82) is 0 Å². The van der Waals surface area contributed by atoms with Crippen LogP contribution in [0.3, 0.4) is 0 Å². The number of aromatic nitrogens is 2. The molecule has 0 saturated heterocycles. The van der Waals surface area contributed by atoms with E-state index in [0.717, 1.165) is 22.9 Å². The minimum atomic E-state index is -0.710. The Balaban J connectivity index is 2.28. The fraction of sp³-hybridized carbons (Fsp3) is 0.0625. The van der Waals surface area contributed by atoms with E-state index in [1.54, 1.807) is 0 Å². The quantitative estimate of drug-likeness (QED) is 0.780. The van der Waals surface area contributed by atoms with Gasteiger partial charge in [-0.3, -0.25) is 0 Å². The Bertz CT molecular complexity index is 863. The van der Waals surface area contributed by atoms with Gasteiger partial charge in [0.15, 0.2) is 0 Å².